The maximum atomic E-state index is 12.2. The molecule has 0 N–H and O–H groups in total. The summed E-state index contributed by atoms with van der Waals surface area (Å²) in [7, 11) is 0. The Kier molecular flexibility index (Phi) is 6.26. The number of esters is 1. The SMILES string of the molecule is CCn1c(SCC(=O)Oc2ccc(C(C)=O)cc2)nnc1-c1ccccc1C. The second-order valence-corrected chi connectivity index (χ2v) is 7.15. The third-order valence-corrected chi connectivity index (χ3v) is 5.17. The van der Waals surface area contributed by atoms with Crippen molar-refractivity contribution in [3.05, 3.63) is 59.7 Å². The average Bonchev–Trinajstić information content (AvgIpc) is 3.10. The number of thioether (sulfide) groups is 1. The van der Waals surface area contributed by atoms with Crippen LogP contribution in [0.1, 0.15) is 29.8 Å². The number of ketones is 1. The minimum atomic E-state index is -0.385. The van der Waals surface area contributed by atoms with Crippen LogP contribution in [0.3, 0.4) is 0 Å². The van der Waals surface area contributed by atoms with E-state index in [0.717, 1.165) is 17.0 Å². The van der Waals surface area contributed by atoms with Crippen LogP contribution in [0.25, 0.3) is 11.4 Å². The first-order valence-electron chi connectivity index (χ1n) is 8.93. The third kappa shape index (κ3) is 4.48. The summed E-state index contributed by atoms with van der Waals surface area (Å²) in [6, 6.07) is 14.5. The van der Waals surface area contributed by atoms with Gasteiger partial charge in [0.05, 0.1) is 5.75 Å². The molecule has 3 rings (SSSR count). The highest BCUT2D eigenvalue weighted by atomic mass is 32.2. The van der Waals surface area contributed by atoms with Gasteiger partial charge in [-0.25, -0.2) is 0 Å². The molecule has 0 saturated heterocycles. The Morgan fingerprint density at radius 2 is 1.79 bits per heavy atom. The molecule has 1 aromatic heterocycles. The maximum Gasteiger partial charge on any atom is 0.321 e. The molecular formula is C21H21N3O3S. The Labute approximate surface area is 167 Å². The summed E-state index contributed by atoms with van der Waals surface area (Å²) in [4.78, 5) is 23.5. The number of hydrogen-bond acceptors (Lipinski definition) is 6. The molecule has 0 radical (unpaired) electrons. The van der Waals surface area contributed by atoms with Gasteiger partial charge in [0.1, 0.15) is 5.75 Å². The van der Waals surface area contributed by atoms with Crippen LogP contribution in [0.15, 0.2) is 53.7 Å². The number of carbonyl (C=O) groups excluding carboxylic acids is 2. The van der Waals surface area contributed by atoms with Crippen LogP contribution >= 0.6 is 11.8 Å². The van der Waals surface area contributed by atoms with Crippen LogP contribution in [-0.4, -0.2) is 32.3 Å². The molecule has 7 heteroatoms. The standard InChI is InChI=1S/C21H21N3O3S/c1-4-24-20(18-8-6-5-7-14(18)2)22-23-21(24)28-13-19(26)27-17-11-9-16(10-12-17)15(3)25/h5-12H,4,13H2,1-3H3. The summed E-state index contributed by atoms with van der Waals surface area (Å²) in [6.07, 6.45) is 0. The predicted molar refractivity (Wildman–Crippen MR) is 109 cm³/mol. The molecule has 0 spiro atoms. The lowest BCUT2D eigenvalue weighted by Gasteiger charge is -2.09. The van der Waals surface area contributed by atoms with Crippen molar-refractivity contribution in [1.29, 1.82) is 0 Å². The number of aromatic nitrogens is 3. The monoisotopic (exact) mass is 395 g/mol. The van der Waals surface area contributed by atoms with Gasteiger partial charge in [-0.05, 0) is 50.6 Å². The molecule has 0 bridgehead atoms. The second-order valence-electron chi connectivity index (χ2n) is 6.21. The Morgan fingerprint density at radius 1 is 1.07 bits per heavy atom. The molecule has 3 aromatic rings. The van der Waals surface area contributed by atoms with Crippen LogP contribution in [0.5, 0.6) is 5.75 Å². The van der Waals surface area contributed by atoms with Crippen molar-refractivity contribution in [2.75, 3.05) is 5.75 Å². The summed E-state index contributed by atoms with van der Waals surface area (Å²) in [6.45, 7) is 6.24. The molecule has 0 amide bonds. The Bertz CT molecular complexity index is 996. The molecule has 0 unspecified atom stereocenters. The number of benzene rings is 2. The van der Waals surface area contributed by atoms with Crippen LogP contribution in [0, 0.1) is 6.92 Å². The summed E-state index contributed by atoms with van der Waals surface area (Å²) in [5.41, 5.74) is 2.72. The zero-order valence-electron chi connectivity index (χ0n) is 16.0. The lowest BCUT2D eigenvalue weighted by atomic mass is 10.1. The van der Waals surface area contributed by atoms with E-state index in [1.54, 1.807) is 24.3 Å². The number of hydrogen-bond donors (Lipinski definition) is 0. The summed E-state index contributed by atoms with van der Waals surface area (Å²) in [5.74, 6) is 0.894. The van der Waals surface area contributed by atoms with Crippen molar-refractivity contribution in [3.8, 4) is 17.1 Å². The predicted octanol–water partition coefficient (Wildman–Crippen LogP) is 4.17. The molecule has 0 fully saturated rings. The molecule has 28 heavy (non-hydrogen) atoms. The van der Waals surface area contributed by atoms with Crippen LogP contribution in [-0.2, 0) is 11.3 Å². The van der Waals surface area contributed by atoms with Crippen molar-refractivity contribution < 1.29 is 14.3 Å². The van der Waals surface area contributed by atoms with E-state index >= 15 is 0 Å². The Morgan fingerprint density at radius 3 is 2.43 bits per heavy atom. The first-order valence-corrected chi connectivity index (χ1v) is 9.91. The number of rotatable bonds is 7. The van der Waals surface area contributed by atoms with Gasteiger partial charge in [0, 0.05) is 17.7 Å². The third-order valence-electron chi connectivity index (χ3n) is 4.23. The molecule has 1 heterocycles. The van der Waals surface area contributed by atoms with Crippen LogP contribution in [0.4, 0.5) is 0 Å². The average molecular weight is 395 g/mol. The van der Waals surface area contributed by atoms with Crippen molar-refractivity contribution in [2.24, 2.45) is 0 Å². The smallest absolute Gasteiger partial charge is 0.321 e. The topological polar surface area (TPSA) is 74.1 Å². The van der Waals surface area contributed by atoms with Gasteiger partial charge < -0.3 is 9.30 Å². The van der Waals surface area contributed by atoms with E-state index < -0.39 is 0 Å². The van der Waals surface area contributed by atoms with Crippen molar-refractivity contribution in [3.63, 3.8) is 0 Å². The van der Waals surface area contributed by atoms with Crippen LogP contribution in [0.2, 0.25) is 0 Å². The Hall–Kier alpha value is -2.93. The normalized spacial score (nSPS) is 10.7. The fraction of sp³-hybridized carbons (Fsp3) is 0.238. The van der Waals surface area contributed by atoms with E-state index in [1.165, 1.54) is 18.7 Å². The van der Waals surface area contributed by atoms with Gasteiger partial charge >= 0.3 is 5.97 Å². The second kappa shape index (κ2) is 8.84. The minimum absolute atomic E-state index is 0.0307. The highest BCUT2D eigenvalue weighted by Crippen LogP contribution is 2.26. The molecule has 0 atom stereocenters. The molecule has 2 aromatic carbocycles. The van der Waals surface area contributed by atoms with E-state index in [0.29, 0.717) is 23.0 Å². The maximum absolute atomic E-state index is 12.2. The number of ether oxygens (including phenoxy) is 1. The number of Topliss-reactive ketones (excluding diaryl/α,β-unsaturated/α-hetero) is 1. The Balaban J connectivity index is 1.67. The van der Waals surface area contributed by atoms with Crippen LogP contribution < -0.4 is 4.74 Å². The summed E-state index contributed by atoms with van der Waals surface area (Å²) < 4.78 is 7.31. The fourth-order valence-electron chi connectivity index (χ4n) is 2.75. The molecule has 0 aliphatic carbocycles. The van der Waals surface area contributed by atoms with E-state index in [-0.39, 0.29) is 17.5 Å². The zero-order valence-corrected chi connectivity index (χ0v) is 16.8. The molecule has 0 aliphatic rings. The highest BCUT2D eigenvalue weighted by Gasteiger charge is 2.16. The van der Waals surface area contributed by atoms with Gasteiger partial charge in [-0.1, -0.05) is 36.0 Å². The number of nitrogens with zero attached hydrogens (tertiary/aromatic N) is 3. The summed E-state index contributed by atoms with van der Waals surface area (Å²) in [5, 5.41) is 9.23. The van der Waals surface area contributed by atoms with Gasteiger partial charge in [0.2, 0.25) is 0 Å². The molecular weight excluding hydrogens is 374 g/mol. The number of carbonyl (C=O) groups is 2. The van der Waals surface area contributed by atoms with Gasteiger partial charge in [-0.15, -0.1) is 10.2 Å². The van der Waals surface area contributed by atoms with Crippen molar-refractivity contribution >= 4 is 23.5 Å². The highest BCUT2D eigenvalue weighted by molar-refractivity contribution is 7.99. The first-order chi connectivity index (χ1) is 13.5. The van der Waals surface area contributed by atoms with E-state index in [9.17, 15) is 9.59 Å². The van der Waals surface area contributed by atoms with Gasteiger partial charge in [-0.2, -0.15) is 0 Å². The van der Waals surface area contributed by atoms with Gasteiger partial charge in [0.25, 0.3) is 0 Å². The summed E-state index contributed by atoms with van der Waals surface area (Å²) >= 11 is 1.29. The van der Waals surface area contributed by atoms with Crippen molar-refractivity contribution in [1.82, 2.24) is 14.8 Å². The van der Waals surface area contributed by atoms with E-state index in [2.05, 4.69) is 10.2 Å². The lowest BCUT2D eigenvalue weighted by Crippen LogP contribution is -2.11. The van der Waals surface area contributed by atoms with Gasteiger partial charge in [-0.3, -0.25) is 9.59 Å². The zero-order chi connectivity index (χ0) is 20.1. The largest absolute Gasteiger partial charge is 0.426 e. The molecule has 6 nitrogen and oxygen atoms in total. The molecule has 0 aliphatic heterocycles. The quantitative estimate of drug-likeness (QED) is 0.259. The first kappa shape index (κ1) is 19.8. The number of aryl methyl sites for hydroxylation is 1. The minimum Gasteiger partial charge on any atom is -0.426 e. The lowest BCUT2D eigenvalue weighted by molar-refractivity contribution is -0.131. The molecule has 144 valence electrons. The van der Waals surface area contributed by atoms with E-state index in [1.807, 2.05) is 42.7 Å². The van der Waals surface area contributed by atoms with Gasteiger partial charge in [0.15, 0.2) is 16.8 Å². The molecule has 0 saturated carbocycles. The fourth-order valence-corrected chi connectivity index (χ4v) is 3.52. The van der Waals surface area contributed by atoms with Crippen molar-refractivity contribution in [2.45, 2.75) is 32.5 Å². The van der Waals surface area contributed by atoms with E-state index in [4.69, 9.17) is 4.74 Å².